The van der Waals surface area contributed by atoms with E-state index in [0.717, 1.165) is 0 Å². The third-order valence-corrected chi connectivity index (χ3v) is 3.38. The van der Waals surface area contributed by atoms with Gasteiger partial charge in [-0.3, -0.25) is 19.7 Å². The summed E-state index contributed by atoms with van der Waals surface area (Å²) in [7, 11) is 3.29. The summed E-state index contributed by atoms with van der Waals surface area (Å²) >= 11 is 1.20. The highest BCUT2D eigenvalue weighted by atomic mass is 32.2. The van der Waals surface area contributed by atoms with Gasteiger partial charge in [-0.05, 0) is 19.1 Å². The monoisotopic (exact) mass is 282 g/mol. The van der Waals surface area contributed by atoms with Gasteiger partial charge in [-0.15, -0.1) is 11.8 Å². The normalized spacial score (nSPS) is 10.1. The van der Waals surface area contributed by atoms with E-state index in [0.29, 0.717) is 4.90 Å². The van der Waals surface area contributed by atoms with Crippen molar-refractivity contribution >= 4 is 29.1 Å². The first-order chi connectivity index (χ1) is 8.82. The van der Waals surface area contributed by atoms with Crippen LogP contribution in [-0.2, 0) is 4.79 Å². The summed E-state index contributed by atoms with van der Waals surface area (Å²) in [6.45, 7) is 1.28. The van der Waals surface area contributed by atoms with Crippen molar-refractivity contribution in [3.63, 3.8) is 0 Å². The number of thioether (sulfide) groups is 1. The van der Waals surface area contributed by atoms with Gasteiger partial charge in [-0.1, -0.05) is 0 Å². The van der Waals surface area contributed by atoms with Gasteiger partial charge in [0.1, 0.15) is 0 Å². The summed E-state index contributed by atoms with van der Waals surface area (Å²) in [5.74, 6) is -0.236. The lowest BCUT2D eigenvalue weighted by atomic mass is 10.1. The van der Waals surface area contributed by atoms with Gasteiger partial charge >= 0.3 is 0 Å². The van der Waals surface area contributed by atoms with Crippen LogP contribution in [0.5, 0.6) is 0 Å². The Kier molecular flexibility index (Phi) is 5.05. The molecule has 0 N–H and O–H groups in total. The highest BCUT2D eigenvalue weighted by Crippen LogP contribution is 2.27. The molecule has 0 saturated heterocycles. The molecule has 0 aromatic heterocycles. The van der Waals surface area contributed by atoms with E-state index in [1.54, 1.807) is 20.2 Å². The van der Waals surface area contributed by atoms with Crippen molar-refractivity contribution in [2.75, 3.05) is 19.8 Å². The zero-order valence-electron chi connectivity index (χ0n) is 10.9. The lowest BCUT2D eigenvalue weighted by molar-refractivity contribution is -0.385. The molecule has 19 heavy (non-hydrogen) atoms. The first-order valence-electron chi connectivity index (χ1n) is 5.45. The number of nitro benzene ring substituents is 1. The van der Waals surface area contributed by atoms with E-state index in [9.17, 15) is 19.7 Å². The van der Waals surface area contributed by atoms with Gasteiger partial charge in [0.05, 0.1) is 16.2 Å². The maximum Gasteiger partial charge on any atom is 0.281 e. The second-order valence-corrected chi connectivity index (χ2v) is 5.12. The fourth-order valence-corrected chi connectivity index (χ4v) is 2.23. The number of carbonyl (C=O) groups excluding carboxylic acids is 2. The molecule has 0 unspecified atom stereocenters. The molecule has 1 aromatic carbocycles. The third kappa shape index (κ3) is 4.06. The number of rotatable bonds is 5. The van der Waals surface area contributed by atoms with E-state index in [-0.39, 0.29) is 28.7 Å². The van der Waals surface area contributed by atoms with Crippen molar-refractivity contribution in [1.29, 1.82) is 0 Å². The molecule has 1 aromatic rings. The summed E-state index contributed by atoms with van der Waals surface area (Å²) in [5, 5.41) is 10.9. The fraction of sp³-hybridized carbons (Fsp3) is 0.333. The van der Waals surface area contributed by atoms with Crippen molar-refractivity contribution in [1.82, 2.24) is 4.90 Å². The van der Waals surface area contributed by atoms with E-state index in [1.165, 1.54) is 35.7 Å². The van der Waals surface area contributed by atoms with Crippen LogP contribution < -0.4 is 0 Å². The maximum absolute atomic E-state index is 11.4. The van der Waals surface area contributed by atoms with Crippen LogP contribution in [-0.4, -0.2) is 41.4 Å². The molecule has 1 amide bonds. The molecule has 0 heterocycles. The Morgan fingerprint density at radius 3 is 2.47 bits per heavy atom. The van der Waals surface area contributed by atoms with Crippen LogP contribution in [0.2, 0.25) is 0 Å². The zero-order chi connectivity index (χ0) is 14.6. The van der Waals surface area contributed by atoms with Gasteiger partial charge in [0.25, 0.3) is 5.69 Å². The highest BCUT2D eigenvalue weighted by molar-refractivity contribution is 8.00. The second-order valence-electron chi connectivity index (χ2n) is 4.07. The van der Waals surface area contributed by atoms with Crippen LogP contribution in [0.1, 0.15) is 17.3 Å². The summed E-state index contributed by atoms with van der Waals surface area (Å²) in [4.78, 5) is 35.0. The molecule has 0 aliphatic heterocycles. The molecule has 0 saturated carbocycles. The summed E-state index contributed by atoms with van der Waals surface area (Å²) in [6, 6.07) is 4.35. The number of hydrogen-bond acceptors (Lipinski definition) is 5. The average Bonchev–Trinajstić information content (AvgIpc) is 2.35. The minimum Gasteiger partial charge on any atom is -0.348 e. The van der Waals surface area contributed by atoms with E-state index < -0.39 is 4.92 Å². The lowest BCUT2D eigenvalue weighted by Crippen LogP contribution is -2.23. The third-order valence-electron chi connectivity index (χ3n) is 2.41. The fourth-order valence-electron chi connectivity index (χ4n) is 1.32. The zero-order valence-corrected chi connectivity index (χ0v) is 11.7. The average molecular weight is 282 g/mol. The minimum atomic E-state index is -0.589. The van der Waals surface area contributed by atoms with E-state index in [4.69, 9.17) is 0 Å². The molecule has 102 valence electrons. The largest absolute Gasteiger partial charge is 0.348 e. The number of carbonyl (C=O) groups is 2. The molecule has 7 heteroatoms. The van der Waals surface area contributed by atoms with E-state index in [1.807, 2.05) is 0 Å². The maximum atomic E-state index is 11.4. The molecule has 0 radical (unpaired) electrons. The Bertz CT molecular complexity index is 528. The number of hydrogen-bond donors (Lipinski definition) is 0. The SMILES string of the molecule is CC(=O)c1ccc(SCC(=O)N(C)C)cc1[N+](=O)[O-]. The Labute approximate surface area is 114 Å². The predicted octanol–water partition coefficient (Wildman–Crippen LogP) is 1.98. The van der Waals surface area contributed by atoms with Gasteiger partial charge in [0.15, 0.2) is 5.78 Å². The van der Waals surface area contributed by atoms with Gasteiger partial charge in [-0.25, -0.2) is 0 Å². The van der Waals surface area contributed by atoms with Crippen LogP contribution in [0.4, 0.5) is 5.69 Å². The molecular weight excluding hydrogens is 268 g/mol. The summed E-state index contributed by atoms with van der Waals surface area (Å²) in [5.41, 5.74) is -0.150. The van der Waals surface area contributed by atoms with E-state index >= 15 is 0 Å². The van der Waals surface area contributed by atoms with Gasteiger partial charge in [0, 0.05) is 25.1 Å². The Morgan fingerprint density at radius 2 is 2.00 bits per heavy atom. The molecule has 0 aliphatic carbocycles. The number of amides is 1. The lowest BCUT2D eigenvalue weighted by Gasteiger charge is -2.09. The number of Topliss-reactive ketones (excluding diaryl/α,β-unsaturated/α-hetero) is 1. The molecule has 0 atom stereocenters. The van der Waals surface area contributed by atoms with Gasteiger partial charge in [0.2, 0.25) is 5.91 Å². The van der Waals surface area contributed by atoms with Crippen LogP contribution in [0, 0.1) is 10.1 Å². The summed E-state index contributed by atoms with van der Waals surface area (Å²) < 4.78 is 0. The van der Waals surface area contributed by atoms with Crippen molar-refractivity contribution in [3.05, 3.63) is 33.9 Å². The predicted molar refractivity (Wildman–Crippen MR) is 72.5 cm³/mol. The Morgan fingerprint density at radius 1 is 1.37 bits per heavy atom. The highest BCUT2D eigenvalue weighted by Gasteiger charge is 2.18. The van der Waals surface area contributed by atoms with Crippen molar-refractivity contribution in [3.8, 4) is 0 Å². The number of ketones is 1. The first-order valence-corrected chi connectivity index (χ1v) is 6.44. The number of nitro groups is 1. The molecule has 0 aliphatic rings. The molecule has 0 spiro atoms. The molecule has 1 rings (SSSR count). The van der Waals surface area contributed by atoms with Gasteiger partial charge < -0.3 is 4.90 Å². The van der Waals surface area contributed by atoms with Crippen molar-refractivity contribution < 1.29 is 14.5 Å². The van der Waals surface area contributed by atoms with Crippen molar-refractivity contribution in [2.45, 2.75) is 11.8 Å². The summed E-state index contributed by atoms with van der Waals surface area (Å²) in [6.07, 6.45) is 0. The Balaban J connectivity index is 2.93. The van der Waals surface area contributed by atoms with Crippen LogP contribution >= 0.6 is 11.8 Å². The van der Waals surface area contributed by atoms with Crippen LogP contribution in [0.15, 0.2) is 23.1 Å². The molecule has 0 fully saturated rings. The second kappa shape index (κ2) is 6.33. The minimum absolute atomic E-state index is 0.0771. The smallest absolute Gasteiger partial charge is 0.281 e. The van der Waals surface area contributed by atoms with Crippen LogP contribution in [0.3, 0.4) is 0 Å². The molecule has 6 nitrogen and oxygen atoms in total. The standard InChI is InChI=1S/C12H14N2O4S/c1-8(15)10-5-4-9(6-11(10)14(17)18)19-7-12(16)13(2)3/h4-6H,7H2,1-3H3. The molecular formula is C12H14N2O4S. The Hall–Kier alpha value is -1.89. The van der Waals surface area contributed by atoms with E-state index in [2.05, 4.69) is 0 Å². The molecule has 0 bridgehead atoms. The van der Waals surface area contributed by atoms with Crippen molar-refractivity contribution in [2.24, 2.45) is 0 Å². The quantitative estimate of drug-likeness (QED) is 0.357. The van der Waals surface area contributed by atoms with Gasteiger partial charge in [-0.2, -0.15) is 0 Å². The van der Waals surface area contributed by atoms with Crippen LogP contribution in [0.25, 0.3) is 0 Å². The number of benzene rings is 1. The number of nitrogens with zero attached hydrogens (tertiary/aromatic N) is 2. The topological polar surface area (TPSA) is 80.5 Å². The first kappa shape index (κ1) is 15.2.